The van der Waals surface area contributed by atoms with Gasteiger partial charge in [-0.1, -0.05) is 29.8 Å². The Morgan fingerprint density at radius 1 is 1.02 bits per heavy atom. The second-order valence-corrected chi connectivity index (χ2v) is 11.8. The number of ether oxygens (including phenoxy) is 1. The molecular formula is C28H29ClN6O4S. The van der Waals surface area contributed by atoms with Crippen molar-refractivity contribution >= 4 is 55.9 Å². The molecule has 1 saturated heterocycles. The minimum absolute atomic E-state index is 0.0253. The molecule has 5 rings (SSSR count). The van der Waals surface area contributed by atoms with Gasteiger partial charge in [-0.25, -0.2) is 18.4 Å². The van der Waals surface area contributed by atoms with E-state index in [0.717, 1.165) is 6.42 Å². The van der Waals surface area contributed by atoms with Crippen molar-refractivity contribution in [2.75, 3.05) is 44.3 Å². The monoisotopic (exact) mass is 580 g/mol. The third kappa shape index (κ3) is 5.81. The summed E-state index contributed by atoms with van der Waals surface area (Å²) >= 11 is 6.39. The number of carbonyl (C=O) groups is 1. The number of nitrogens with one attached hydrogen (secondary N) is 2. The smallest absolute Gasteiger partial charge is 0.263 e. The van der Waals surface area contributed by atoms with Crippen molar-refractivity contribution in [3.63, 3.8) is 0 Å². The zero-order valence-electron chi connectivity index (χ0n) is 22.3. The zero-order chi connectivity index (χ0) is 28.4. The first kappa shape index (κ1) is 27.6. The summed E-state index contributed by atoms with van der Waals surface area (Å²) in [6.07, 6.45) is 0.867. The second-order valence-electron chi connectivity index (χ2n) is 9.67. The van der Waals surface area contributed by atoms with E-state index in [0.29, 0.717) is 46.1 Å². The average molecular weight is 581 g/mol. The second kappa shape index (κ2) is 11.3. The van der Waals surface area contributed by atoms with Gasteiger partial charge in [0, 0.05) is 30.8 Å². The number of anilines is 3. The number of para-hydroxylation sites is 2. The Bertz CT molecular complexity index is 1680. The van der Waals surface area contributed by atoms with Crippen LogP contribution in [-0.4, -0.2) is 74.4 Å². The number of nitrogens with zero attached hydrogens (tertiary/aromatic N) is 4. The Morgan fingerprint density at radius 3 is 2.42 bits per heavy atom. The number of methoxy groups -OCH3 is 1. The average Bonchev–Trinajstić information content (AvgIpc) is 3.45. The molecule has 0 saturated carbocycles. The lowest BCUT2D eigenvalue weighted by atomic mass is 10.2. The number of aromatic nitrogens is 2. The highest BCUT2D eigenvalue weighted by molar-refractivity contribution is 7.92. The van der Waals surface area contributed by atoms with Crippen LogP contribution in [0.3, 0.4) is 0 Å². The molecule has 3 aromatic carbocycles. The summed E-state index contributed by atoms with van der Waals surface area (Å²) < 4.78 is 35.0. The first-order valence-electron chi connectivity index (χ1n) is 12.6. The van der Waals surface area contributed by atoms with Gasteiger partial charge in [0.25, 0.3) is 15.9 Å². The molecule has 0 radical (unpaired) electrons. The van der Waals surface area contributed by atoms with E-state index in [9.17, 15) is 13.2 Å². The quantitative estimate of drug-likeness (QED) is 0.310. The fraction of sp³-hybridized carbons (Fsp3) is 0.250. The highest BCUT2D eigenvalue weighted by Crippen LogP contribution is 2.33. The Hall–Kier alpha value is -3.93. The van der Waals surface area contributed by atoms with Crippen LogP contribution in [0.15, 0.2) is 71.6 Å². The number of carbonyl (C=O) groups excluding carboxylic acids is 1. The third-order valence-electron chi connectivity index (χ3n) is 6.80. The van der Waals surface area contributed by atoms with E-state index in [1.165, 1.54) is 19.2 Å². The van der Waals surface area contributed by atoms with Crippen LogP contribution in [0.1, 0.15) is 16.8 Å². The lowest BCUT2D eigenvalue weighted by molar-refractivity contribution is 0.0783. The van der Waals surface area contributed by atoms with E-state index in [1.54, 1.807) is 53.4 Å². The Kier molecular flexibility index (Phi) is 7.79. The van der Waals surface area contributed by atoms with E-state index < -0.39 is 10.0 Å². The number of sulfonamides is 1. The standard InChI is InChI=1S/C28H29ClN6O4S/c1-34(2)19-13-14-35(17-19)28(36)18-7-6-8-21(15-18)40(37,38)33-27-26(30-23-9-4-5-10-24(23)31-27)32-25-16-20(39-3)11-12-22(25)29/h4-12,15-16,19H,13-14,17H2,1-3H3,(H,30,32)(H,31,33). The highest BCUT2D eigenvalue weighted by Gasteiger charge is 2.29. The van der Waals surface area contributed by atoms with Crippen LogP contribution in [0.25, 0.3) is 11.0 Å². The van der Waals surface area contributed by atoms with Gasteiger partial charge in [0.2, 0.25) is 0 Å². The van der Waals surface area contributed by atoms with E-state index in [2.05, 4.69) is 24.9 Å². The van der Waals surface area contributed by atoms with Gasteiger partial charge in [-0.2, -0.15) is 0 Å². The first-order chi connectivity index (χ1) is 19.1. The van der Waals surface area contributed by atoms with Gasteiger partial charge in [-0.05, 0) is 63.0 Å². The summed E-state index contributed by atoms with van der Waals surface area (Å²) in [5, 5.41) is 3.47. The number of fused-ring (bicyclic) bond motifs is 1. The van der Waals surface area contributed by atoms with Crippen molar-refractivity contribution in [1.29, 1.82) is 0 Å². The largest absolute Gasteiger partial charge is 0.497 e. The molecule has 1 aliphatic rings. The summed E-state index contributed by atoms with van der Waals surface area (Å²) in [6.45, 7) is 1.21. The lowest BCUT2D eigenvalue weighted by Gasteiger charge is -2.20. The molecule has 0 spiro atoms. The minimum Gasteiger partial charge on any atom is -0.497 e. The molecule has 1 aromatic heterocycles. The molecule has 0 bridgehead atoms. The normalized spacial score (nSPS) is 15.4. The van der Waals surface area contributed by atoms with Gasteiger partial charge in [-0.3, -0.25) is 9.52 Å². The number of likely N-dealkylation sites (tertiary alicyclic amines) is 1. The predicted octanol–water partition coefficient (Wildman–Crippen LogP) is 4.61. The number of halogens is 1. The van der Waals surface area contributed by atoms with E-state index in [1.807, 2.05) is 20.2 Å². The molecular weight excluding hydrogens is 552 g/mol. The summed E-state index contributed by atoms with van der Waals surface area (Å²) in [6, 6.07) is 18.4. The first-order valence-corrected chi connectivity index (χ1v) is 14.5. The number of benzene rings is 3. The molecule has 12 heteroatoms. The van der Waals surface area contributed by atoms with E-state index >= 15 is 0 Å². The van der Waals surface area contributed by atoms with Crippen LogP contribution in [0.4, 0.5) is 17.3 Å². The van der Waals surface area contributed by atoms with Crippen LogP contribution in [0.5, 0.6) is 5.75 Å². The highest BCUT2D eigenvalue weighted by atomic mass is 35.5. The van der Waals surface area contributed by atoms with Crippen molar-refractivity contribution in [2.24, 2.45) is 0 Å². The molecule has 1 amide bonds. The van der Waals surface area contributed by atoms with Gasteiger partial charge >= 0.3 is 0 Å². The Morgan fingerprint density at radius 2 is 1.75 bits per heavy atom. The molecule has 0 aliphatic carbocycles. The van der Waals surface area contributed by atoms with Crippen LogP contribution >= 0.6 is 11.6 Å². The summed E-state index contributed by atoms with van der Waals surface area (Å²) in [5.74, 6) is 0.472. The van der Waals surface area contributed by atoms with Crippen molar-refractivity contribution in [1.82, 2.24) is 19.8 Å². The van der Waals surface area contributed by atoms with Crippen LogP contribution in [0.2, 0.25) is 5.02 Å². The maximum atomic E-state index is 13.6. The predicted molar refractivity (Wildman–Crippen MR) is 156 cm³/mol. The maximum absolute atomic E-state index is 13.6. The van der Waals surface area contributed by atoms with Crippen LogP contribution < -0.4 is 14.8 Å². The van der Waals surface area contributed by atoms with Gasteiger partial charge in [0.1, 0.15) is 5.75 Å². The van der Waals surface area contributed by atoms with Crippen LogP contribution in [0, 0.1) is 0 Å². The van der Waals surface area contributed by atoms with Crippen LogP contribution in [-0.2, 0) is 10.0 Å². The lowest BCUT2D eigenvalue weighted by Crippen LogP contribution is -2.34. The van der Waals surface area contributed by atoms with Crippen molar-refractivity contribution in [2.45, 2.75) is 17.4 Å². The topological polar surface area (TPSA) is 117 Å². The third-order valence-corrected chi connectivity index (χ3v) is 8.47. The molecule has 2 N–H and O–H groups in total. The van der Waals surface area contributed by atoms with Gasteiger partial charge < -0.3 is 19.9 Å². The Labute approximate surface area is 238 Å². The molecule has 208 valence electrons. The van der Waals surface area contributed by atoms with Crippen molar-refractivity contribution in [3.8, 4) is 5.75 Å². The molecule has 1 unspecified atom stereocenters. The molecule has 4 aromatic rings. The van der Waals surface area contributed by atoms with E-state index in [4.69, 9.17) is 16.3 Å². The number of hydrogen-bond acceptors (Lipinski definition) is 8. The van der Waals surface area contributed by atoms with E-state index in [-0.39, 0.29) is 28.5 Å². The fourth-order valence-corrected chi connectivity index (χ4v) is 5.75. The Balaban J connectivity index is 1.47. The van der Waals surface area contributed by atoms with Crippen molar-refractivity contribution in [3.05, 3.63) is 77.3 Å². The summed E-state index contributed by atoms with van der Waals surface area (Å²) in [7, 11) is 1.35. The molecule has 1 atom stereocenters. The van der Waals surface area contributed by atoms with Gasteiger partial charge in [-0.15, -0.1) is 0 Å². The zero-order valence-corrected chi connectivity index (χ0v) is 23.8. The SMILES string of the molecule is COc1ccc(Cl)c(Nc2nc3ccccc3nc2NS(=O)(=O)c2cccc(C(=O)N3CCC(N(C)C)C3)c2)c1. The van der Waals surface area contributed by atoms with Gasteiger partial charge in [0.05, 0.1) is 33.7 Å². The molecule has 2 heterocycles. The summed E-state index contributed by atoms with van der Waals surface area (Å²) in [5.41, 5.74) is 1.81. The minimum atomic E-state index is -4.15. The number of amides is 1. The summed E-state index contributed by atoms with van der Waals surface area (Å²) in [4.78, 5) is 26.1. The van der Waals surface area contributed by atoms with Crippen molar-refractivity contribution < 1.29 is 17.9 Å². The fourth-order valence-electron chi connectivity index (χ4n) is 4.53. The molecule has 1 aliphatic heterocycles. The molecule has 40 heavy (non-hydrogen) atoms. The molecule has 10 nitrogen and oxygen atoms in total. The number of hydrogen-bond donors (Lipinski definition) is 2. The number of likely N-dealkylation sites (N-methyl/N-ethyl adjacent to an activating group) is 1. The maximum Gasteiger partial charge on any atom is 0.263 e. The number of rotatable bonds is 8. The van der Waals surface area contributed by atoms with Gasteiger partial charge in [0.15, 0.2) is 11.6 Å². The molecule has 1 fully saturated rings.